The molecule has 4 N–H and O–H groups in total. The van der Waals surface area contributed by atoms with Gasteiger partial charge in [-0.25, -0.2) is 4.79 Å². The van der Waals surface area contributed by atoms with Crippen molar-refractivity contribution in [2.45, 2.75) is 6.04 Å². The number of carbonyl (C=O) groups is 1. The van der Waals surface area contributed by atoms with Gasteiger partial charge in [-0.1, -0.05) is 0 Å². The molecular weight excluding hydrogens is 114 g/mol. The van der Waals surface area contributed by atoms with E-state index < -0.39 is 12.0 Å². The lowest BCUT2D eigenvalue weighted by atomic mass is 10.4. The Balaban J connectivity index is 3.34. The monoisotopic (exact) mass is 123 g/mol. The summed E-state index contributed by atoms with van der Waals surface area (Å²) in [6.07, 6.45) is 0. The van der Waals surface area contributed by atoms with Crippen LogP contribution in [0.15, 0.2) is 0 Å². The van der Waals surface area contributed by atoms with E-state index in [4.69, 9.17) is 5.11 Å². The van der Waals surface area contributed by atoms with E-state index in [0.717, 1.165) is 0 Å². The van der Waals surface area contributed by atoms with Crippen LogP contribution in [0.1, 0.15) is 0 Å². The lowest BCUT2D eigenvalue weighted by molar-refractivity contribution is -0.400. The summed E-state index contributed by atoms with van der Waals surface area (Å²) < 4.78 is 0. The Morgan fingerprint density at radius 1 is 2.00 bits per heavy atom. The second-order valence-electron chi connectivity index (χ2n) is 1.24. The van der Waals surface area contributed by atoms with Crippen LogP contribution in [0, 0.1) is 0 Å². The normalized spacial score (nSPS) is 13.4. The van der Waals surface area contributed by atoms with Gasteiger partial charge in [0, 0.05) is 0 Å². The minimum atomic E-state index is -0.866. The van der Waals surface area contributed by atoms with Gasteiger partial charge in [0.2, 0.25) is 6.04 Å². The average molecular weight is 123 g/mol. The molecule has 0 aliphatic heterocycles. The Morgan fingerprint density at radius 2 is 2.43 bits per heavy atom. The van der Waals surface area contributed by atoms with Crippen molar-refractivity contribution in [2.24, 2.45) is 0 Å². The fraction of sp³-hybridized carbons (Fsp3) is 0.667. The van der Waals surface area contributed by atoms with Crippen LogP contribution in [0.25, 0.3) is 0 Å². The predicted octanol–water partition coefficient (Wildman–Crippen LogP) is -2.31. The van der Waals surface area contributed by atoms with Crippen molar-refractivity contribution in [3.8, 4) is 0 Å². The van der Waals surface area contributed by atoms with E-state index in [1.807, 2.05) is 0 Å². The van der Waals surface area contributed by atoms with Crippen LogP contribution in [-0.4, -0.2) is 22.9 Å². The Morgan fingerprint density at radius 3 is 2.43 bits per heavy atom. The van der Waals surface area contributed by atoms with Crippen molar-refractivity contribution in [3.05, 3.63) is 0 Å². The molecule has 0 aromatic rings. The molecular formula is C3H9NO2S+2. The summed E-state index contributed by atoms with van der Waals surface area (Å²) in [4.78, 5) is 9.84. The molecule has 0 fully saturated rings. The van der Waals surface area contributed by atoms with Crippen molar-refractivity contribution >= 4 is 18.6 Å². The molecule has 0 spiro atoms. The number of quaternary nitrogens is 1. The van der Waals surface area contributed by atoms with Gasteiger partial charge in [0.25, 0.3) is 0 Å². The van der Waals surface area contributed by atoms with E-state index in [1.54, 1.807) is 0 Å². The van der Waals surface area contributed by atoms with Gasteiger partial charge in [0.15, 0.2) is 5.75 Å². The zero-order valence-electron chi connectivity index (χ0n) is 3.85. The maximum Gasteiger partial charge on any atom is 0.367 e. The SMILES string of the molecule is [NH3+]C(C[SH2+])C(=O)O. The summed E-state index contributed by atoms with van der Waals surface area (Å²) in [6.45, 7) is 0. The molecule has 0 aromatic carbocycles. The Bertz CT molecular complexity index is 75.3. The standard InChI is InChI=1S/C3H7NO2S/c4-2(1-7)3(5)6/h2,7H,1,4H2,(H,5,6)/p+2. The lowest BCUT2D eigenvalue weighted by Gasteiger charge is -1.89. The summed E-state index contributed by atoms with van der Waals surface area (Å²) in [5.41, 5.74) is 3.31. The summed E-state index contributed by atoms with van der Waals surface area (Å²) in [6, 6.07) is -0.517. The smallest absolute Gasteiger partial charge is 0.367 e. The van der Waals surface area contributed by atoms with Gasteiger partial charge in [-0.3, -0.25) is 0 Å². The first-order valence-electron chi connectivity index (χ1n) is 1.89. The molecule has 42 valence electrons. The summed E-state index contributed by atoms with van der Waals surface area (Å²) in [5, 5.41) is 8.09. The molecule has 0 amide bonds. The molecule has 1 atom stereocenters. The van der Waals surface area contributed by atoms with Crippen molar-refractivity contribution in [1.29, 1.82) is 0 Å². The number of aliphatic carboxylic acids is 1. The van der Waals surface area contributed by atoms with Crippen molar-refractivity contribution in [2.75, 3.05) is 5.75 Å². The minimum absolute atomic E-state index is 0.412. The Hall–Kier alpha value is -0.220. The van der Waals surface area contributed by atoms with E-state index >= 15 is 0 Å². The third-order valence-corrected chi connectivity index (χ3v) is 1.09. The highest BCUT2D eigenvalue weighted by molar-refractivity contribution is 7.58. The van der Waals surface area contributed by atoms with Gasteiger partial charge in [0.05, 0.1) is 0 Å². The Labute approximate surface area is 46.9 Å². The van der Waals surface area contributed by atoms with E-state index in [0.29, 0.717) is 5.75 Å². The average Bonchev–Trinajstić information content (AvgIpc) is 1.65. The first-order valence-corrected chi connectivity index (χ1v) is 2.59. The fourth-order valence-electron chi connectivity index (χ4n) is 0.0873. The lowest BCUT2D eigenvalue weighted by Crippen LogP contribution is -2.66. The van der Waals surface area contributed by atoms with Crippen molar-refractivity contribution < 1.29 is 15.6 Å². The van der Waals surface area contributed by atoms with Gasteiger partial charge in [0.1, 0.15) is 0 Å². The van der Waals surface area contributed by atoms with Crippen LogP contribution in [0.5, 0.6) is 0 Å². The van der Waals surface area contributed by atoms with Gasteiger partial charge >= 0.3 is 5.97 Å². The number of hydrogen-bond acceptors (Lipinski definition) is 1. The van der Waals surface area contributed by atoms with E-state index in [9.17, 15) is 4.79 Å². The molecule has 0 radical (unpaired) electrons. The highest BCUT2D eigenvalue weighted by Crippen LogP contribution is 1.69. The molecule has 0 heterocycles. The zero-order chi connectivity index (χ0) is 5.86. The molecule has 0 aromatic heterocycles. The molecule has 3 nitrogen and oxygen atoms in total. The Kier molecular flexibility index (Phi) is 2.78. The second kappa shape index (κ2) is 2.87. The highest BCUT2D eigenvalue weighted by Gasteiger charge is 2.14. The van der Waals surface area contributed by atoms with Crippen LogP contribution in [-0.2, 0) is 17.4 Å². The quantitative estimate of drug-likeness (QED) is 0.405. The molecule has 0 rings (SSSR count). The van der Waals surface area contributed by atoms with Gasteiger partial charge in [-0.05, 0) is 12.6 Å². The minimum Gasteiger partial charge on any atom is -0.477 e. The van der Waals surface area contributed by atoms with Crippen molar-refractivity contribution in [1.82, 2.24) is 0 Å². The topological polar surface area (TPSA) is 64.9 Å². The zero-order valence-corrected chi connectivity index (χ0v) is 4.85. The summed E-state index contributed by atoms with van der Waals surface area (Å²) >= 11 is 3.02. The molecule has 7 heavy (non-hydrogen) atoms. The summed E-state index contributed by atoms with van der Waals surface area (Å²) in [5.74, 6) is -0.454. The molecule has 4 heteroatoms. The maximum absolute atomic E-state index is 9.84. The number of hydrogen-bond donors (Lipinski definition) is 2. The maximum atomic E-state index is 9.84. The first kappa shape index (κ1) is 6.78. The number of rotatable bonds is 2. The van der Waals surface area contributed by atoms with Crippen LogP contribution < -0.4 is 5.73 Å². The highest BCUT2D eigenvalue weighted by atomic mass is 32.1. The third kappa shape index (κ3) is 2.47. The predicted molar refractivity (Wildman–Crippen MR) is 29.3 cm³/mol. The van der Waals surface area contributed by atoms with Crippen molar-refractivity contribution in [3.63, 3.8) is 0 Å². The van der Waals surface area contributed by atoms with E-state index in [2.05, 4.69) is 18.4 Å². The van der Waals surface area contributed by atoms with Gasteiger partial charge < -0.3 is 10.8 Å². The van der Waals surface area contributed by atoms with Crippen LogP contribution in [0.2, 0.25) is 0 Å². The van der Waals surface area contributed by atoms with E-state index in [-0.39, 0.29) is 0 Å². The molecule has 0 saturated carbocycles. The number of carboxylic acids is 1. The van der Waals surface area contributed by atoms with Gasteiger partial charge in [-0.2, -0.15) is 0 Å². The molecule has 1 unspecified atom stereocenters. The molecule has 0 aliphatic rings. The van der Waals surface area contributed by atoms with Crippen LogP contribution >= 0.6 is 0 Å². The molecule has 0 aliphatic carbocycles. The van der Waals surface area contributed by atoms with Crippen LogP contribution in [0.3, 0.4) is 0 Å². The van der Waals surface area contributed by atoms with E-state index in [1.165, 1.54) is 0 Å². The largest absolute Gasteiger partial charge is 0.477 e. The summed E-state index contributed by atoms with van der Waals surface area (Å²) in [7, 11) is 0. The van der Waals surface area contributed by atoms with Gasteiger partial charge in [-0.15, -0.1) is 0 Å². The molecule has 0 bridgehead atoms. The number of carboxylic acid groups (broad SMARTS) is 1. The first-order chi connectivity index (χ1) is 3.18. The second-order valence-corrected chi connectivity index (χ2v) is 1.65. The fourth-order valence-corrected chi connectivity index (χ4v) is 0.262. The molecule has 0 saturated heterocycles. The third-order valence-electron chi connectivity index (χ3n) is 0.596. The van der Waals surface area contributed by atoms with Crippen LogP contribution in [0.4, 0.5) is 0 Å².